The summed E-state index contributed by atoms with van der Waals surface area (Å²) in [7, 11) is 0. The molecule has 0 aliphatic rings. The van der Waals surface area contributed by atoms with Crippen LogP contribution in [0.5, 0.6) is 0 Å². The maximum atomic E-state index is 11.4. The number of fused-ring (bicyclic) bond motifs is 1. The van der Waals surface area contributed by atoms with Crippen LogP contribution in [0.15, 0.2) is 54.6 Å². The summed E-state index contributed by atoms with van der Waals surface area (Å²) in [5.74, 6) is 0.393. The topological polar surface area (TPSA) is 42.0 Å². The van der Waals surface area contributed by atoms with Gasteiger partial charge in [0.2, 0.25) is 5.91 Å². The quantitative estimate of drug-likeness (QED) is 0.645. The van der Waals surface area contributed by atoms with Gasteiger partial charge in [-0.1, -0.05) is 44.2 Å². The third kappa shape index (κ3) is 3.71. The molecule has 0 bridgehead atoms. The number of carbonyl (C=O) groups is 1. The van der Waals surface area contributed by atoms with E-state index < -0.39 is 0 Å². The van der Waals surface area contributed by atoms with Crippen molar-refractivity contribution in [2.45, 2.75) is 39.5 Å². The summed E-state index contributed by atoms with van der Waals surface area (Å²) >= 11 is 0. The Morgan fingerprint density at radius 1 is 1.04 bits per heavy atom. The Bertz CT molecular complexity index is 883. The minimum absolute atomic E-state index is 0.0674. The normalized spacial score (nSPS) is 11.0. The van der Waals surface area contributed by atoms with Gasteiger partial charge in [-0.25, -0.2) is 0 Å². The lowest BCUT2D eigenvalue weighted by Gasteiger charge is -2.16. The number of benzene rings is 2. The Kier molecular flexibility index (Phi) is 5.13. The van der Waals surface area contributed by atoms with E-state index in [1.54, 1.807) is 0 Å². The first-order valence-corrected chi connectivity index (χ1v) is 8.90. The van der Waals surface area contributed by atoms with Crippen LogP contribution in [-0.4, -0.2) is 10.9 Å². The zero-order chi connectivity index (χ0) is 17.8. The van der Waals surface area contributed by atoms with Gasteiger partial charge in [-0.05, 0) is 48.2 Å². The first-order valence-electron chi connectivity index (χ1n) is 8.90. The number of hydrogen-bond donors (Lipinski definition) is 1. The van der Waals surface area contributed by atoms with Gasteiger partial charge < -0.3 is 5.32 Å². The van der Waals surface area contributed by atoms with Gasteiger partial charge >= 0.3 is 0 Å². The van der Waals surface area contributed by atoms with Crippen LogP contribution >= 0.6 is 0 Å². The molecular formula is C22H24N2O. The third-order valence-corrected chi connectivity index (χ3v) is 4.64. The van der Waals surface area contributed by atoms with E-state index in [2.05, 4.69) is 49.5 Å². The fourth-order valence-corrected chi connectivity index (χ4v) is 3.30. The lowest BCUT2D eigenvalue weighted by molar-refractivity contribution is -0.114. The first kappa shape index (κ1) is 17.2. The highest BCUT2D eigenvalue weighted by atomic mass is 16.1. The number of carbonyl (C=O) groups excluding carboxylic acids is 1. The first-order chi connectivity index (χ1) is 12.1. The number of nitrogens with one attached hydrogen (secondary N) is 1. The van der Waals surface area contributed by atoms with Crippen LogP contribution in [0.4, 0.5) is 5.69 Å². The molecular weight excluding hydrogens is 308 g/mol. The van der Waals surface area contributed by atoms with Gasteiger partial charge in [0.1, 0.15) is 0 Å². The Balaban J connectivity index is 2.24. The van der Waals surface area contributed by atoms with Crippen molar-refractivity contribution in [1.82, 2.24) is 4.98 Å². The average Bonchev–Trinajstić information content (AvgIpc) is 2.62. The molecule has 0 aliphatic carbocycles. The highest BCUT2D eigenvalue weighted by Crippen LogP contribution is 2.33. The maximum absolute atomic E-state index is 11.4. The fourth-order valence-electron chi connectivity index (χ4n) is 3.30. The highest BCUT2D eigenvalue weighted by Gasteiger charge is 2.14. The van der Waals surface area contributed by atoms with E-state index >= 15 is 0 Å². The van der Waals surface area contributed by atoms with Crippen LogP contribution in [0.1, 0.15) is 45.2 Å². The molecule has 0 fully saturated rings. The number of anilines is 1. The van der Waals surface area contributed by atoms with Crippen LogP contribution in [-0.2, 0) is 4.79 Å². The van der Waals surface area contributed by atoms with Crippen molar-refractivity contribution >= 4 is 22.5 Å². The zero-order valence-electron chi connectivity index (χ0n) is 15.0. The van der Waals surface area contributed by atoms with Gasteiger partial charge in [-0.15, -0.1) is 0 Å². The summed E-state index contributed by atoms with van der Waals surface area (Å²) in [6, 6.07) is 18.5. The average molecular weight is 332 g/mol. The summed E-state index contributed by atoms with van der Waals surface area (Å²) in [6.45, 7) is 5.95. The van der Waals surface area contributed by atoms with Gasteiger partial charge in [-0.3, -0.25) is 9.78 Å². The molecule has 0 unspecified atom stereocenters. The van der Waals surface area contributed by atoms with Crippen LogP contribution in [0, 0.1) is 0 Å². The predicted molar refractivity (Wildman–Crippen MR) is 105 cm³/mol. The van der Waals surface area contributed by atoms with Gasteiger partial charge in [0.15, 0.2) is 0 Å². The van der Waals surface area contributed by atoms with Crippen molar-refractivity contribution in [2.75, 3.05) is 5.32 Å². The number of nitrogens with zero attached hydrogens (tertiary/aromatic N) is 1. The van der Waals surface area contributed by atoms with Crippen LogP contribution in [0.2, 0.25) is 0 Å². The predicted octanol–water partition coefficient (Wildman–Crippen LogP) is 5.76. The molecule has 3 rings (SSSR count). The second-order valence-corrected chi connectivity index (χ2v) is 6.39. The highest BCUT2D eigenvalue weighted by molar-refractivity contribution is 5.99. The van der Waals surface area contributed by atoms with Crippen molar-refractivity contribution in [3.63, 3.8) is 0 Å². The van der Waals surface area contributed by atoms with E-state index in [-0.39, 0.29) is 5.91 Å². The van der Waals surface area contributed by atoms with Crippen LogP contribution < -0.4 is 5.32 Å². The van der Waals surface area contributed by atoms with Crippen molar-refractivity contribution < 1.29 is 4.79 Å². The maximum Gasteiger partial charge on any atom is 0.221 e. The summed E-state index contributed by atoms with van der Waals surface area (Å²) in [4.78, 5) is 16.3. The molecule has 0 spiro atoms. The smallest absolute Gasteiger partial charge is 0.221 e. The van der Waals surface area contributed by atoms with Gasteiger partial charge in [-0.2, -0.15) is 0 Å². The summed E-state index contributed by atoms with van der Waals surface area (Å²) < 4.78 is 0. The molecule has 1 heterocycles. The van der Waals surface area contributed by atoms with E-state index in [9.17, 15) is 4.79 Å². The summed E-state index contributed by atoms with van der Waals surface area (Å²) in [5, 5.41) is 3.93. The van der Waals surface area contributed by atoms with Gasteiger partial charge in [0.25, 0.3) is 0 Å². The molecule has 25 heavy (non-hydrogen) atoms. The third-order valence-electron chi connectivity index (χ3n) is 4.64. The van der Waals surface area contributed by atoms with Crippen molar-refractivity contribution in [1.29, 1.82) is 0 Å². The summed E-state index contributed by atoms with van der Waals surface area (Å²) in [5.41, 5.74) is 5.25. The van der Waals surface area contributed by atoms with Crippen molar-refractivity contribution in [3.8, 4) is 11.1 Å². The molecule has 0 aliphatic heterocycles. The Morgan fingerprint density at radius 3 is 2.40 bits per heavy atom. The molecule has 3 aromatic rings. The number of amides is 1. The van der Waals surface area contributed by atoms with E-state index in [4.69, 9.17) is 4.98 Å². The SMILES string of the molecule is CCC(CC)c1cc(-c2ccccc2)c2cc(NC(C)=O)ccc2n1. The Morgan fingerprint density at radius 2 is 1.76 bits per heavy atom. The van der Waals surface area contributed by atoms with Crippen molar-refractivity contribution in [2.24, 2.45) is 0 Å². The number of rotatable bonds is 5. The second-order valence-electron chi connectivity index (χ2n) is 6.39. The van der Waals surface area contributed by atoms with E-state index in [0.29, 0.717) is 5.92 Å². The molecule has 3 nitrogen and oxygen atoms in total. The monoisotopic (exact) mass is 332 g/mol. The van der Waals surface area contributed by atoms with E-state index in [1.807, 2.05) is 24.3 Å². The molecule has 128 valence electrons. The Hall–Kier alpha value is -2.68. The molecule has 1 amide bonds. The number of hydrogen-bond acceptors (Lipinski definition) is 2. The largest absolute Gasteiger partial charge is 0.326 e. The second kappa shape index (κ2) is 7.47. The summed E-state index contributed by atoms with van der Waals surface area (Å²) in [6.07, 6.45) is 2.15. The molecule has 3 heteroatoms. The minimum atomic E-state index is -0.0674. The molecule has 2 aromatic carbocycles. The molecule has 0 radical (unpaired) electrons. The fraction of sp³-hybridized carbons (Fsp3) is 0.273. The number of pyridine rings is 1. The lowest BCUT2D eigenvalue weighted by Crippen LogP contribution is -2.06. The van der Waals surface area contributed by atoms with Crippen LogP contribution in [0.25, 0.3) is 22.0 Å². The van der Waals surface area contributed by atoms with Crippen molar-refractivity contribution in [3.05, 3.63) is 60.3 Å². The van der Waals surface area contributed by atoms with Gasteiger partial charge in [0, 0.05) is 29.6 Å². The zero-order valence-corrected chi connectivity index (χ0v) is 15.0. The molecule has 0 saturated carbocycles. The Labute approximate surface area is 149 Å². The molecule has 0 atom stereocenters. The minimum Gasteiger partial charge on any atom is -0.326 e. The van der Waals surface area contributed by atoms with Gasteiger partial charge in [0.05, 0.1) is 5.52 Å². The van der Waals surface area contributed by atoms with E-state index in [1.165, 1.54) is 18.1 Å². The standard InChI is InChI=1S/C22H24N2O/c1-4-16(5-2)22-14-19(17-9-7-6-8-10-17)20-13-18(23-15(3)25)11-12-21(20)24-22/h6-14,16H,4-5H2,1-3H3,(H,23,25). The van der Waals surface area contributed by atoms with Crippen LogP contribution in [0.3, 0.4) is 0 Å². The molecule has 0 saturated heterocycles. The lowest BCUT2D eigenvalue weighted by atomic mass is 9.93. The number of aromatic nitrogens is 1. The molecule has 1 N–H and O–H groups in total. The van der Waals surface area contributed by atoms with E-state index in [0.717, 1.165) is 35.1 Å². The molecule has 1 aromatic heterocycles.